The summed E-state index contributed by atoms with van der Waals surface area (Å²) in [7, 11) is 0. The number of rotatable bonds is 1. The van der Waals surface area contributed by atoms with Gasteiger partial charge in [0, 0.05) is 4.90 Å². The van der Waals surface area contributed by atoms with Crippen LogP contribution in [0.1, 0.15) is 0 Å². The molecule has 0 aliphatic rings. The number of thioether (sulfide) groups is 1. The van der Waals surface area contributed by atoms with Crippen molar-refractivity contribution in [3.05, 3.63) is 42.5 Å². The highest BCUT2D eigenvalue weighted by molar-refractivity contribution is 8.22. The van der Waals surface area contributed by atoms with E-state index in [4.69, 9.17) is 18.0 Å². The Morgan fingerprint density at radius 1 is 1.07 bits per heavy atom. The zero-order valence-corrected chi connectivity index (χ0v) is 9.07. The second-order valence-electron chi connectivity index (χ2n) is 2.93. The summed E-state index contributed by atoms with van der Waals surface area (Å²) in [6.45, 7) is 0. The van der Waals surface area contributed by atoms with Crippen molar-refractivity contribution in [2.75, 3.05) is 0 Å². The van der Waals surface area contributed by atoms with Gasteiger partial charge in [-0.15, -0.1) is 0 Å². The smallest absolute Gasteiger partial charge is 0.135 e. The van der Waals surface area contributed by atoms with E-state index in [9.17, 15) is 0 Å². The number of benzene rings is 2. The SMILES string of the molecule is NC(=S)Sc1ccc2ccccc2c1. The van der Waals surface area contributed by atoms with Crippen molar-refractivity contribution >= 4 is 39.1 Å². The lowest BCUT2D eigenvalue weighted by molar-refractivity contribution is 1.52. The Bertz CT molecular complexity index is 479. The van der Waals surface area contributed by atoms with E-state index < -0.39 is 0 Å². The van der Waals surface area contributed by atoms with E-state index >= 15 is 0 Å². The molecule has 0 radical (unpaired) electrons. The Morgan fingerprint density at radius 2 is 1.79 bits per heavy atom. The first-order chi connectivity index (χ1) is 6.75. The standard InChI is InChI=1S/C11H9NS2/c12-11(13)14-10-6-5-8-3-1-2-4-9(8)7-10/h1-7H,(H2,12,13). The summed E-state index contributed by atoms with van der Waals surface area (Å²) in [5.41, 5.74) is 5.46. The van der Waals surface area contributed by atoms with E-state index in [0.717, 1.165) is 4.90 Å². The van der Waals surface area contributed by atoms with Crippen LogP contribution in [0.2, 0.25) is 0 Å². The number of fused-ring (bicyclic) bond motifs is 1. The van der Waals surface area contributed by atoms with E-state index in [0.29, 0.717) is 4.32 Å². The first kappa shape index (κ1) is 9.49. The van der Waals surface area contributed by atoms with Gasteiger partial charge in [-0.3, -0.25) is 0 Å². The van der Waals surface area contributed by atoms with Gasteiger partial charge in [0.2, 0.25) is 0 Å². The van der Waals surface area contributed by atoms with Crippen LogP contribution in [0, 0.1) is 0 Å². The molecule has 0 aromatic heterocycles. The third-order valence-electron chi connectivity index (χ3n) is 1.94. The van der Waals surface area contributed by atoms with Crippen LogP contribution in [-0.2, 0) is 0 Å². The molecule has 2 aromatic carbocycles. The quantitative estimate of drug-likeness (QED) is 0.589. The van der Waals surface area contributed by atoms with Gasteiger partial charge in [-0.1, -0.05) is 54.3 Å². The fourth-order valence-electron chi connectivity index (χ4n) is 1.35. The molecular formula is C11H9NS2. The fourth-order valence-corrected chi connectivity index (χ4v) is 2.19. The van der Waals surface area contributed by atoms with Gasteiger partial charge in [-0.2, -0.15) is 0 Å². The van der Waals surface area contributed by atoms with E-state index in [1.807, 2.05) is 18.2 Å². The highest BCUT2D eigenvalue weighted by Crippen LogP contribution is 2.23. The molecule has 0 bridgehead atoms. The van der Waals surface area contributed by atoms with Crippen LogP contribution in [0.15, 0.2) is 47.4 Å². The predicted octanol–water partition coefficient (Wildman–Crippen LogP) is 3.18. The topological polar surface area (TPSA) is 26.0 Å². The molecule has 0 heterocycles. The summed E-state index contributed by atoms with van der Waals surface area (Å²) >= 11 is 6.26. The monoisotopic (exact) mass is 219 g/mol. The Kier molecular flexibility index (Phi) is 2.70. The number of thiocarbonyl (C=S) groups is 1. The maximum Gasteiger partial charge on any atom is 0.135 e. The van der Waals surface area contributed by atoms with Gasteiger partial charge < -0.3 is 5.73 Å². The Morgan fingerprint density at radius 3 is 2.50 bits per heavy atom. The highest BCUT2D eigenvalue weighted by atomic mass is 32.2. The van der Waals surface area contributed by atoms with Crippen molar-refractivity contribution in [2.45, 2.75) is 4.90 Å². The molecule has 0 unspecified atom stereocenters. The van der Waals surface area contributed by atoms with E-state index in [2.05, 4.69) is 24.3 Å². The van der Waals surface area contributed by atoms with Gasteiger partial charge in [-0.25, -0.2) is 0 Å². The molecule has 0 aliphatic heterocycles. The number of nitrogens with two attached hydrogens (primary N) is 1. The minimum absolute atomic E-state index is 0.459. The molecule has 0 amide bonds. The first-order valence-corrected chi connectivity index (χ1v) is 5.44. The third kappa shape index (κ3) is 2.05. The summed E-state index contributed by atoms with van der Waals surface area (Å²) < 4.78 is 0.459. The molecule has 2 aromatic rings. The summed E-state index contributed by atoms with van der Waals surface area (Å²) in [4.78, 5) is 1.09. The molecule has 70 valence electrons. The van der Waals surface area contributed by atoms with Crippen molar-refractivity contribution < 1.29 is 0 Å². The van der Waals surface area contributed by atoms with E-state index in [-0.39, 0.29) is 0 Å². The van der Waals surface area contributed by atoms with Gasteiger partial charge in [0.15, 0.2) is 0 Å². The summed E-state index contributed by atoms with van der Waals surface area (Å²) in [6.07, 6.45) is 0. The second-order valence-corrected chi connectivity index (χ2v) is 4.74. The molecule has 0 atom stereocenters. The van der Waals surface area contributed by atoms with Crippen molar-refractivity contribution in [3.63, 3.8) is 0 Å². The van der Waals surface area contributed by atoms with E-state index in [1.165, 1.54) is 22.5 Å². The molecule has 14 heavy (non-hydrogen) atoms. The fraction of sp³-hybridized carbons (Fsp3) is 0. The van der Waals surface area contributed by atoms with Crippen molar-refractivity contribution in [3.8, 4) is 0 Å². The summed E-state index contributed by atoms with van der Waals surface area (Å²) in [5.74, 6) is 0. The van der Waals surface area contributed by atoms with Crippen LogP contribution in [-0.4, -0.2) is 4.32 Å². The van der Waals surface area contributed by atoms with Gasteiger partial charge >= 0.3 is 0 Å². The maximum atomic E-state index is 5.46. The van der Waals surface area contributed by atoms with Crippen LogP contribution >= 0.6 is 24.0 Å². The largest absolute Gasteiger partial charge is 0.384 e. The van der Waals surface area contributed by atoms with Crippen LogP contribution in [0.4, 0.5) is 0 Å². The molecule has 2 N–H and O–H groups in total. The molecule has 2 rings (SSSR count). The molecule has 0 fully saturated rings. The molecule has 3 heteroatoms. The van der Waals surface area contributed by atoms with Gasteiger partial charge in [-0.05, 0) is 22.9 Å². The molecule has 1 nitrogen and oxygen atoms in total. The normalized spacial score (nSPS) is 10.3. The molecule has 0 aliphatic carbocycles. The maximum absolute atomic E-state index is 5.46. The minimum Gasteiger partial charge on any atom is -0.384 e. The number of hydrogen-bond acceptors (Lipinski definition) is 2. The Labute approximate surface area is 92.3 Å². The average Bonchev–Trinajstić information content (AvgIpc) is 2.17. The third-order valence-corrected chi connectivity index (χ3v) is 2.88. The van der Waals surface area contributed by atoms with Crippen LogP contribution in [0.5, 0.6) is 0 Å². The lowest BCUT2D eigenvalue weighted by Crippen LogP contribution is -2.00. The minimum atomic E-state index is 0.459. The van der Waals surface area contributed by atoms with Gasteiger partial charge in [0.05, 0.1) is 0 Å². The van der Waals surface area contributed by atoms with E-state index in [1.54, 1.807) is 0 Å². The summed E-state index contributed by atoms with van der Waals surface area (Å²) in [6, 6.07) is 14.4. The molecule has 0 spiro atoms. The van der Waals surface area contributed by atoms with Crippen LogP contribution in [0.25, 0.3) is 10.8 Å². The number of hydrogen-bond donors (Lipinski definition) is 1. The molecular weight excluding hydrogens is 210 g/mol. The zero-order valence-electron chi connectivity index (χ0n) is 7.44. The molecule has 0 saturated carbocycles. The first-order valence-electron chi connectivity index (χ1n) is 4.22. The average molecular weight is 219 g/mol. The van der Waals surface area contributed by atoms with Crippen molar-refractivity contribution in [2.24, 2.45) is 5.73 Å². The van der Waals surface area contributed by atoms with Crippen molar-refractivity contribution in [1.82, 2.24) is 0 Å². The summed E-state index contributed by atoms with van der Waals surface area (Å²) in [5, 5.41) is 2.45. The Hall–Kier alpha value is -1.06. The lowest BCUT2D eigenvalue weighted by atomic mass is 10.1. The van der Waals surface area contributed by atoms with Gasteiger partial charge in [0.1, 0.15) is 4.32 Å². The Balaban J connectivity index is 2.46. The molecule has 0 saturated heterocycles. The van der Waals surface area contributed by atoms with Crippen LogP contribution < -0.4 is 5.73 Å². The predicted molar refractivity (Wildman–Crippen MR) is 66.6 cm³/mol. The van der Waals surface area contributed by atoms with Crippen molar-refractivity contribution in [1.29, 1.82) is 0 Å². The zero-order chi connectivity index (χ0) is 9.97. The van der Waals surface area contributed by atoms with Crippen LogP contribution in [0.3, 0.4) is 0 Å². The highest BCUT2D eigenvalue weighted by Gasteiger charge is 1.97. The lowest BCUT2D eigenvalue weighted by Gasteiger charge is -2.01. The second kappa shape index (κ2) is 3.98. The van der Waals surface area contributed by atoms with Gasteiger partial charge in [0.25, 0.3) is 0 Å².